The molecule has 1 aromatic rings. The number of aliphatic hydroxyl groups excluding tert-OH is 2. The van der Waals surface area contributed by atoms with Crippen LogP contribution in [0.4, 0.5) is 5.82 Å². The van der Waals surface area contributed by atoms with Gasteiger partial charge in [0, 0.05) is 12.6 Å². The summed E-state index contributed by atoms with van der Waals surface area (Å²) in [6.45, 7) is 6.06. The molecule has 1 aliphatic heterocycles. The highest BCUT2D eigenvalue weighted by Crippen LogP contribution is 2.27. The van der Waals surface area contributed by atoms with Crippen molar-refractivity contribution in [2.24, 2.45) is 0 Å². The van der Waals surface area contributed by atoms with Gasteiger partial charge >= 0.3 is 5.69 Å². The van der Waals surface area contributed by atoms with Crippen molar-refractivity contribution in [2.75, 3.05) is 12.3 Å². The smallest absolute Gasteiger partial charge is 0.351 e. The Kier molecular flexibility index (Phi) is 4.72. The average molecular weight is 323 g/mol. The van der Waals surface area contributed by atoms with Crippen LogP contribution in [-0.4, -0.2) is 46.7 Å². The zero-order valence-corrected chi connectivity index (χ0v) is 13.9. The molecule has 1 fully saturated rings. The number of aliphatic hydroxyl groups is 2. The number of aromatic nitrogens is 2. The average Bonchev–Trinajstić information content (AvgIpc) is 2.78. The molecular weight excluding hydrogens is 302 g/mol. The zero-order valence-electron chi connectivity index (χ0n) is 12.9. The van der Waals surface area contributed by atoms with E-state index < -0.39 is 32.2 Å². The van der Waals surface area contributed by atoms with E-state index in [-0.39, 0.29) is 18.8 Å². The molecule has 1 aromatic heterocycles. The molecule has 2 rings (SSSR count). The van der Waals surface area contributed by atoms with Gasteiger partial charge in [0.05, 0.1) is 18.3 Å². The van der Waals surface area contributed by atoms with Crippen LogP contribution in [0.25, 0.3) is 0 Å². The topological polar surface area (TPSA) is 111 Å². The lowest BCUT2D eigenvalue weighted by Gasteiger charge is -2.17. The van der Waals surface area contributed by atoms with E-state index in [0.29, 0.717) is 5.56 Å². The van der Waals surface area contributed by atoms with Crippen molar-refractivity contribution >= 4 is 13.9 Å². The first-order valence-electron chi connectivity index (χ1n) is 7.07. The Labute approximate surface area is 129 Å². The fraction of sp³-hybridized carbons (Fsp3) is 0.571. The Morgan fingerprint density at radius 2 is 2.23 bits per heavy atom. The first kappa shape index (κ1) is 16.7. The summed E-state index contributed by atoms with van der Waals surface area (Å²) < 4.78 is 6.66. The number of nitrogens with zero attached hydrogens (tertiary/aromatic N) is 2. The molecule has 8 heteroatoms. The van der Waals surface area contributed by atoms with Crippen LogP contribution in [0.1, 0.15) is 18.2 Å². The van der Waals surface area contributed by atoms with Crippen LogP contribution in [-0.2, 0) is 4.74 Å². The zero-order chi connectivity index (χ0) is 16.5. The van der Waals surface area contributed by atoms with E-state index in [1.165, 1.54) is 10.8 Å². The molecule has 7 nitrogen and oxygen atoms in total. The molecule has 0 saturated carbocycles. The highest BCUT2D eigenvalue weighted by atomic mass is 28.3. The van der Waals surface area contributed by atoms with Crippen LogP contribution in [0.3, 0.4) is 0 Å². The van der Waals surface area contributed by atoms with Crippen LogP contribution in [0.2, 0.25) is 19.6 Å². The second-order valence-electron chi connectivity index (χ2n) is 6.36. The summed E-state index contributed by atoms with van der Waals surface area (Å²) in [7, 11) is -1.60. The van der Waals surface area contributed by atoms with Crippen molar-refractivity contribution in [1.82, 2.24) is 9.55 Å². The Morgan fingerprint density at radius 3 is 2.77 bits per heavy atom. The summed E-state index contributed by atoms with van der Waals surface area (Å²) in [6.07, 6.45) is -0.552. The molecule has 3 atom stereocenters. The van der Waals surface area contributed by atoms with E-state index >= 15 is 0 Å². The van der Waals surface area contributed by atoms with Crippen molar-refractivity contribution in [3.63, 3.8) is 0 Å². The minimum absolute atomic E-state index is 0.0678. The van der Waals surface area contributed by atoms with Crippen LogP contribution in [0.15, 0.2) is 11.0 Å². The molecule has 1 saturated heterocycles. The van der Waals surface area contributed by atoms with E-state index in [9.17, 15) is 9.90 Å². The number of nitrogen functional groups attached to an aromatic ring is 1. The van der Waals surface area contributed by atoms with E-state index in [2.05, 4.69) is 36.1 Å². The molecule has 22 heavy (non-hydrogen) atoms. The van der Waals surface area contributed by atoms with E-state index in [4.69, 9.17) is 15.6 Å². The SMILES string of the molecule is C[Si](C)(C)C#Cc1cn([C@@H]2O[C@H](CO)C[C@@H]2O)c(=O)nc1N. The first-order chi connectivity index (χ1) is 10.2. The van der Waals surface area contributed by atoms with Crippen molar-refractivity contribution in [3.8, 4) is 11.5 Å². The van der Waals surface area contributed by atoms with Gasteiger partial charge in [-0.1, -0.05) is 25.6 Å². The molecule has 0 bridgehead atoms. The molecule has 0 radical (unpaired) electrons. The van der Waals surface area contributed by atoms with Gasteiger partial charge in [-0.15, -0.1) is 5.54 Å². The molecule has 1 aliphatic rings. The maximum Gasteiger partial charge on any atom is 0.351 e. The fourth-order valence-corrected chi connectivity index (χ4v) is 2.62. The molecule has 0 aromatic carbocycles. The van der Waals surface area contributed by atoms with Crippen molar-refractivity contribution in [1.29, 1.82) is 0 Å². The number of hydrogen-bond acceptors (Lipinski definition) is 6. The summed E-state index contributed by atoms with van der Waals surface area (Å²) in [5.74, 6) is 3.03. The van der Waals surface area contributed by atoms with Crippen molar-refractivity contribution in [2.45, 2.75) is 44.5 Å². The monoisotopic (exact) mass is 323 g/mol. The van der Waals surface area contributed by atoms with Gasteiger partial charge in [-0.3, -0.25) is 4.57 Å². The molecule has 0 aliphatic carbocycles. The van der Waals surface area contributed by atoms with E-state index in [1.807, 2.05) is 0 Å². The standard InChI is InChI=1S/C14H21N3O4Si/c1-22(2,3)5-4-9-7-17(14(20)16-12(9)15)13-11(19)6-10(8-18)21-13/h7,10-11,13,18-19H,6,8H2,1-3H3,(H2,15,16,20)/t10-,11-,13+/m0/s1. The van der Waals surface area contributed by atoms with Gasteiger partial charge in [0.15, 0.2) is 6.23 Å². The quantitative estimate of drug-likeness (QED) is 0.509. The second-order valence-corrected chi connectivity index (χ2v) is 11.1. The highest BCUT2D eigenvalue weighted by Gasteiger charge is 2.35. The Hall–Kier alpha value is -1.66. The number of hydrogen-bond donors (Lipinski definition) is 3. The maximum atomic E-state index is 12.0. The molecule has 0 amide bonds. The van der Waals surface area contributed by atoms with Gasteiger partial charge in [-0.25, -0.2) is 4.79 Å². The van der Waals surface area contributed by atoms with Crippen molar-refractivity contribution < 1.29 is 14.9 Å². The largest absolute Gasteiger partial charge is 0.394 e. The molecule has 4 N–H and O–H groups in total. The van der Waals surface area contributed by atoms with Gasteiger partial charge in [0.1, 0.15) is 20.0 Å². The third-order valence-electron chi connectivity index (χ3n) is 3.20. The normalized spacial score (nSPS) is 24.9. The first-order valence-corrected chi connectivity index (χ1v) is 10.6. The highest BCUT2D eigenvalue weighted by molar-refractivity contribution is 6.83. The summed E-state index contributed by atoms with van der Waals surface area (Å²) in [5, 5.41) is 19.1. The van der Waals surface area contributed by atoms with Gasteiger partial charge in [-0.05, 0) is 0 Å². The minimum atomic E-state index is -1.60. The van der Waals surface area contributed by atoms with Gasteiger partial charge in [-0.2, -0.15) is 4.98 Å². The van der Waals surface area contributed by atoms with Crippen LogP contribution in [0, 0.1) is 11.5 Å². The summed E-state index contributed by atoms with van der Waals surface area (Å²) in [4.78, 5) is 15.7. The van der Waals surface area contributed by atoms with E-state index in [1.54, 1.807) is 0 Å². The Morgan fingerprint density at radius 1 is 1.55 bits per heavy atom. The van der Waals surface area contributed by atoms with Crippen LogP contribution in [0.5, 0.6) is 0 Å². The molecule has 120 valence electrons. The van der Waals surface area contributed by atoms with Gasteiger partial charge < -0.3 is 20.7 Å². The second kappa shape index (κ2) is 6.22. The Balaban J connectivity index is 2.41. The van der Waals surface area contributed by atoms with Gasteiger partial charge in [0.25, 0.3) is 0 Å². The fourth-order valence-electron chi connectivity index (χ4n) is 2.11. The predicted octanol–water partition coefficient (Wildman–Crippen LogP) is -0.305. The lowest BCUT2D eigenvalue weighted by Crippen LogP contribution is -2.32. The Bertz CT molecular complexity index is 671. The number of ether oxygens (including phenoxy) is 1. The number of nitrogens with two attached hydrogens (primary N) is 1. The molecular formula is C14H21N3O4Si. The lowest BCUT2D eigenvalue weighted by atomic mass is 10.2. The van der Waals surface area contributed by atoms with E-state index in [0.717, 1.165) is 0 Å². The third kappa shape index (κ3) is 3.75. The molecule has 2 heterocycles. The summed E-state index contributed by atoms with van der Waals surface area (Å²) >= 11 is 0. The number of rotatable bonds is 2. The summed E-state index contributed by atoms with van der Waals surface area (Å²) in [6, 6.07) is 0. The molecule has 0 spiro atoms. The number of anilines is 1. The predicted molar refractivity (Wildman–Crippen MR) is 84.8 cm³/mol. The maximum absolute atomic E-state index is 12.0. The van der Waals surface area contributed by atoms with Crippen molar-refractivity contribution in [3.05, 3.63) is 22.2 Å². The lowest BCUT2D eigenvalue weighted by molar-refractivity contribution is -0.0529. The molecule has 0 unspecified atom stereocenters. The third-order valence-corrected chi connectivity index (χ3v) is 4.07. The van der Waals surface area contributed by atoms with Gasteiger partial charge in [0.2, 0.25) is 0 Å². The van der Waals surface area contributed by atoms with Crippen LogP contribution < -0.4 is 11.4 Å². The van der Waals surface area contributed by atoms with Crippen LogP contribution >= 0.6 is 0 Å². The minimum Gasteiger partial charge on any atom is -0.394 e. The summed E-state index contributed by atoms with van der Waals surface area (Å²) in [5.41, 5.74) is 8.73.